The van der Waals surface area contributed by atoms with Crippen molar-refractivity contribution in [2.24, 2.45) is 15.3 Å². The first-order valence-electron chi connectivity index (χ1n) is 11.4. The Labute approximate surface area is 360 Å². The largest absolute Gasteiger partial charge is 1.00 e. The van der Waals surface area contributed by atoms with Crippen molar-refractivity contribution in [3.8, 4) is 5.75 Å². The molecule has 3 rings (SSSR count). The number of amidine groups is 1. The smallest absolute Gasteiger partial charge is 0.744 e. The van der Waals surface area contributed by atoms with E-state index < -0.39 is 75.7 Å². The number of hydrogen-bond donors (Lipinski definition) is 2. The topological polar surface area (TPSA) is 308 Å². The van der Waals surface area contributed by atoms with Crippen molar-refractivity contribution in [2.45, 2.75) is 14.7 Å². The number of phenolic OH excluding ortho intramolecular Hbond substituents is 1. The summed E-state index contributed by atoms with van der Waals surface area (Å²) in [4.78, 5) is 9.48. The minimum atomic E-state index is -5.53. The van der Waals surface area contributed by atoms with E-state index in [0.29, 0.717) is 24.2 Å². The summed E-state index contributed by atoms with van der Waals surface area (Å²) in [5.41, 5.74) is 2.51. The predicted molar refractivity (Wildman–Crippen MR) is 146 cm³/mol. The first kappa shape index (κ1) is 50.6. The molecule has 0 atom stereocenters. The molecular weight excluding hydrogens is 821 g/mol. The SMILES string of the molecule is O=C(O)c1ccc(SOO[O-])cc1[N-]/N=C(\N=Nc1cc(S(=O)(=O)CCOS(=O)(=O)[O-])cc(S(=O)(=O)[O-])c1O)c1ccccc1.[Cu+].[Na+].[Na+].[Na+]. The van der Waals surface area contributed by atoms with E-state index in [-0.39, 0.29) is 127 Å². The minimum Gasteiger partial charge on any atom is -0.744 e. The molecule has 0 saturated heterocycles. The summed E-state index contributed by atoms with van der Waals surface area (Å²) in [5, 5.41) is 44.6. The van der Waals surface area contributed by atoms with E-state index in [1.54, 1.807) is 6.07 Å². The fraction of sp³-hybridized carbons (Fsp3) is 0.0909. The van der Waals surface area contributed by atoms with Gasteiger partial charge in [-0.1, -0.05) is 36.4 Å². The first-order valence-corrected chi connectivity index (χ1v) is 16.6. The van der Waals surface area contributed by atoms with Crippen LogP contribution in [0, 0.1) is 0 Å². The van der Waals surface area contributed by atoms with Crippen molar-refractivity contribution in [3.05, 3.63) is 77.2 Å². The quantitative estimate of drug-likeness (QED) is 0.0175. The first-order chi connectivity index (χ1) is 21.0. The summed E-state index contributed by atoms with van der Waals surface area (Å²) in [6, 6.07) is 12.0. The Morgan fingerprint density at radius 3 is 2.12 bits per heavy atom. The van der Waals surface area contributed by atoms with Crippen LogP contribution in [0.3, 0.4) is 0 Å². The van der Waals surface area contributed by atoms with E-state index >= 15 is 0 Å². The molecule has 0 fully saturated rings. The zero-order valence-corrected chi connectivity index (χ0v) is 35.3. The van der Waals surface area contributed by atoms with Crippen LogP contribution in [0.5, 0.6) is 5.75 Å². The Bertz CT molecular complexity index is 1970. The maximum Gasteiger partial charge on any atom is 1.00 e. The summed E-state index contributed by atoms with van der Waals surface area (Å²) in [5.74, 6) is -4.30. The fourth-order valence-corrected chi connectivity index (χ4v) is 5.78. The molecule has 3 aromatic carbocycles. The molecule has 0 heterocycles. The van der Waals surface area contributed by atoms with Gasteiger partial charge in [0.2, 0.25) is 10.4 Å². The second kappa shape index (κ2) is 22.5. The van der Waals surface area contributed by atoms with E-state index in [4.69, 9.17) is 0 Å². The summed E-state index contributed by atoms with van der Waals surface area (Å²) < 4.78 is 101. The zero-order valence-electron chi connectivity index (χ0n) is 25.1. The number of benzene rings is 3. The molecule has 0 aliphatic rings. The monoisotopic (exact) mass is 836 g/mol. The van der Waals surface area contributed by atoms with Crippen molar-refractivity contribution in [2.75, 3.05) is 12.4 Å². The van der Waals surface area contributed by atoms with Crippen LogP contribution >= 0.6 is 12.0 Å². The Morgan fingerprint density at radius 2 is 1.57 bits per heavy atom. The molecule has 252 valence electrons. The van der Waals surface area contributed by atoms with E-state index in [2.05, 4.69) is 34.3 Å². The van der Waals surface area contributed by atoms with Gasteiger partial charge in [-0.05, 0) is 24.3 Å². The molecule has 0 spiro atoms. The number of carboxylic acids is 1. The van der Waals surface area contributed by atoms with Gasteiger partial charge in [-0.3, -0.25) is 9.22 Å². The van der Waals surface area contributed by atoms with Crippen molar-refractivity contribution in [1.82, 2.24) is 0 Å². The molecule has 0 bridgehead atoms. The van der Waals surface area contributed by atoms with Crippen LogP contribution in [0.4, 0.5) is 11.4 Å². The Balaban J connectivity index is 0. The van der Waals surface area contributed by atoms with Gasteiger partial charge in [0.15, 0.2) is 21.4 Å². The normalized spacial score (nSPS) is 11.8. The number of rotatable bonds is 14. The third-order valence-corrected chi connectivity index (χ3v) is 8.66. The third-order valence-electron chi connectivity index (χ3n) is 5.13. The van der Waals surface area contributed by atoms with Gasteiger partial charge in [0.1, 0.15) is 15.8 Å². The zero-order chi connectivity index (χ0) is 33.4. The summed E-state index contributed by atoms with van der Waals surface area (Å²) in [6.07, 6.45) is 0. The van der Waals surface area contributed by atoms with Crippen molar-refractivity contribution in [1.29, 1.82) is 0 Å². The van der Waals surface area contributed by atoms with Gasteiger partial charge in [-0.15, -0.1) is 15.9 Å². The summed E-state index contributed by atoms with van der Waals surface area (Å²) in [6.45, 7) is -1.16. The average molecular weight is 837 g/mol. The molecule has 3 aromatic rings. The molecule has 0 amide bonds. The van der Waals surface area contributed by atoms with Gasteiger partial charge in [-0.2, -0.15) is 4.33 Å². The second-order valence-corrected chi connectivity index (χ2v) is 13.4. The second-order valence-electron chi connectivity index (χ2n) is 8.09. The van der Waals surface area contributed by atoms with Crippen LogP contribution in [0.15, 0.2) is 90.7 Å². The van der Waals surface area contributed by atoms with Gasteiger partial charge < -0.3 is 35.1 Å². The van der Waals surface area contributed by atoms with Gasteiger partial charge in [0, 0.05) is 16.0 Å². The maximum atomic E-state index is 12.7. The number of azo groups is 1. The maximum absolute atomic E-state index is 12.7. The molecule has 0 aromatic heterocycles. The number of hydrogen-bond acceptors (Lipinski definition) is 17. The number of phenols is 1. The van der Waals surface area contributed by atoms with Crippen LogP contribution in [0.25, 0.3) is 5.43 Å². The van der Waals surface area contributed by atoms with Crippen molar-refractivity contribution < 1.29 is 174 Å². The number of sulfone groups is 1. The van der Waals surface area contributed by atoms with E-state index in [9.17, 15) is 54.6 Å². The summed E-state index contributed by atoms with van der Waals surface area (Å²) in [7, 11) is -15.5. The van der Waals surface area contributed by atoms with Crippen LogP contribution in [-0.4, -0.2) is 68.7 Å². The predicted octanol–water partition coefficient (Wildman–Crippen LogP) is -7.36. The van der Waals surface area contributed by atoms with Crippen LogP contribution in [0.1, 0.15) is 15.9 Å². The number of carboxylic acid groups (broad SMARTS) is 1. The molecule has 0 unspecified atom stereocenters. The van der Waals surface area contributed by atoms with Crippen LogP contribution in [-0.2, 0) is 61.0 Å². The van der Waals surface area contributed by atoms with Crippen LogP contribution < -0.4 is 93.9 Å². The van der Waals surface area contributed by atoms with Crippen molar-refractivity contribution in [3.63, 3.8) is 0 Å². The average Bonchev–Trinajstić information content (AvgIpc) is 2.95. The van der Waals surface area contributed by atoms with E-state index in [0.717, 1.165) is 12.1 Å². The molecule has 0 radical (unpaired) electrons. The van der Waals surface area contributed by atoms with E-state index in [1.165, 1.54) is 30.3 Å². The molecular formula is C22H16CuN4Na3O15S4. The Kier molecular flexibility index (Phi) is 23.3. The van der Waals surface area contributed by atoms with Gasteiger partial charge in [0.05, 0.1) is 34.2 Å². The van der Waals surface area contributed by atoms with E-state index in [1.807, 2.05) is 0 Å². The third kappa shape index (κ3) is 15.9. The molecule has 0 saturated carbocycles. The molecule has 2 N–H and O–H groups in total. The van der Waals surface area contributed by atoms with Crippen LogP contribution in [0.2, 0.25) is 0 Å². The standard InChI is InChI=1S/C22H20N4O15S4.Cu.3Na/c27-20-18(11-15(12-19(20)44(33,34)35)43(31,32)9-8-39-45(36,37)38)24-26-21(13-4-2-1-3-5-13)25-23-17-10-14(42-41-40-30)6-7-16(17)22(28)29;;;;/h1-7,10-12H,8-9H2,(H6,23,24,25,26,27,28,29,30,33,34,35,36,37,38);;;;/q;4*+1/p-4. The number of aromatic carboxylic acids is 1. The van der Waals surface area contributed by atoms with Gasteiger partial charge in [0.25, 0.3) is 0 Å². The molecule has 0 aliphatic heterocycles. The molecule has 19 nitrogen and oxygen atoms in total. The number of carbonyl (C=O) groups is 1. The molecule has 49 heavy (non-hydrogen) atoms. The van der Waals surface area contributed by atoms with Gasteiger partial charge >= 0.3 is 112 Å². The number of nitrogens with zero attached hydrogens (tertiary/aromatic N) is 4. The Hall–Kier alpha value is -0.521. The minimum absolute atomic E-state index is 0. The number of aromatic hydroxyl groups is 1. The molecule has 27 heteroatoms. The summed E-state index contributed by atoms with van der Waals surface area (Å²) >= 11 is 0.425. The fourth-order valence-electron chi connectivity index (χ4n) is 3.18. The molecule has 0 aliphatic carbocycles. The Morgan fingerprint density at radius 1 is 0.939 bits per heavy atom. The van der Waals surface area contributed by atoms with Gasteiger partial charge in [-0.25, -0.2) is 30.0 Å². The van der Waals surface area contributed by atoms with Crippen molar-refractivity contribution >= 4 is 65.6 Å².